The predicted molar refractivity (Wildman–Crippen MR) is 84.1 cm³/mol. The van der Waals surface area contributed by atoms with E-state index in [0.717, 1.165) is 28.0 Å². The minimum absolute atomic E-state index is 0.381. The van der Waals surface area contributed by atoms with Crippen LogP contribution in [-0.4, -0.2) is 9.97 Å². The molecule has 0 saturated heterocycles. The molecule has 0 unspecified atom stereocenters. The fourth-order valence-corrected chi connectivity index (χ4v) is 2.07. The van der Waals surface area contributed by atoms with Crippen molar-refractivity contribution in [1.82, 2.24) is 4.98 Å². The zero-order valence-corrected chi connectivity index (χ0v) is 11.4. The van der Waals surface area contributed by atoms with Crippen LogP contribution in [0.1, 0.15) is 5.56 Å². The van der Waals surface area contributed by atoms with Gasteiger partial charge < -0.3 is 10.5 Å². The third kappa shape index (κ3) is 2.60. The number of pyridine rings is 1. The predicted octanol–water partition coefficient (Wildman–Crippen LogP) is 3.66. The van der Waals surface area contributed by atoms with Gasteiger partial charge in [0.15, 0.2) is 0 Å². The lowest BCUT2D eigenvalue weighted by atomic mass is 10.2. The van der Waals surface area contributed by atoms with E-state index < -0.39 is 0 Å². The molecule has 2 N–H and O–H groups in total. The molecule has 4 heteroatoms. The summed E-state index contributed by atoms with van der Waals surface area (Å²) in [7, 11) is 0. The van der Waals surface area contributed by atoms with Gasteiger partial charge in [-0.2, -0.15) is 0 Å². The maximum Gasteiger partial charge on any atom is 0.129 e. The first-order valence-corrected chi connectivity index (χ1v) is 6.56. The highest BCUT2D eigenvalue weighted by atomic mass is 32.1. The highest BCUT2D eigenvalue weighted by Crippen LogP contribution is 2.24. The fourth-order valence-electron chi connectivity index (χ4n) is 1.93. The number of aromatic nitrogens is 1. The van der Waals surface area contributed by atoms with Gasteiger partial charge in [-0.15, -0.1) is 0 Å². The smallest absolute Gasteiger partial charge is 0.129 e. The standard InChI is InChI=1S/C16H12N2OS/c17-16(20)12-4-6-13(7-5-12)19-14-8-3-11-2-1-9-18-15(11)10-14/h1-10H,(H2,17,20). The maximum absolute atomic E-state index is 5.80. The first-order chi connectivity index (χ1) is 9.72. The molecule has 0 spiro atoms. The Labute approximate surface area is 122 Å². The summed E-state index contributed by atoms with van der Waals surface area (Å²) in [6, 6.07) is 17.1. The Morgan fingerprint density at radius 3 is 2.50 bits per heavy atom. The molecule has 0 radical (unpaired) electrons. The Bertz CT molecular complexity index is 769. The molecule has 0 aliphatic heterocycles. The van der Waals surface area contributed by atoms with Gasteiger partial charge in [-0.25, -0.2) is 0 Å². The van der Waals surface area contributed by atoms with E-state index in [-0.39, 0.29) is 0 Å². The molecule has 2 aromatic carbocycles. The Kier molecular flexibility index (Phi) is 3.31. The molecule has 3 rings (SSSR count). The summed E-state index contributed by atoms with van der Waals surface area (Å²) in [6.45, 7) is 0. The van der Waals surface area contributed by atoms with Gasteiger partial charge in [0.2, 0.25) is 0 Å². The summed E-state index contributed by atoms with van der Waals surface area (Å²) in [5.41, 5.74) is 7.29. The number of benzene rings is 2. The fraction of sp³-hybridized carbons (Fsp3) is 0. The molecule has 98 valence electrons. The van der Waals surface area contributed by atoms with Crippen LogP contribution < -0.4 is 10.5 Å². The third-order valence-electron chi connectivity index (χ3n) is 2.95. The molecule has 3 nitrogen and oxygen atoms in total. The van der Waals surface area contributed by atoms with E-state index in [4.69, 9.17) is 22.7 Å². The van der Waals surface area contributed by atoms with Crippen molar-refractivity contribution in [2.75, 3.05) is 0 Å². The number of rotatable bonds is 3. The monoisotopic (exact) mass is 280 g/mol. The van der Waals surface area contributed by atoms with E-state index in [1.165, 1.54) is 0 Å². The van der Waals surface area contributed by atoms with Crippen LogP contribution in [0.5, 0.6) is 11.5 Å². The molecule has 0 bridgehead atoms. The zero-order valence-electron chi connectivity index (χ0n) is 10.6. The first kappa shape index (κ1) is 12.6. The number of hydrogen-bond donors (Lipinski definition) is 1. The molecule has 0 saturated carbocycles. The van der Waals surface area contributed by atoms with Crippen molar-refractivity contribution >= 4 is 28.1 Å². The van der Waals surface area contributed by atoms with Crippen LogP contribution in [0.15, 0.2) is 60.8 Å². The molecule has 0 aliphatic rings. The van der Waals surface area contributed by atoms with E-state index in [1.807, 2.05) is 54.6 Å². The Morgan fingerprint density at radius 1 is 1.00 bits per heavy atom. The normalized spacial score (nSPS) is 10.4. The van der Waals surface area contributed by atoms with Gasteiger partial charge >= 0.3 is 0 Å². The van der Waals surface area contributed by atoms with Crippen LogP contribution in [-0.2, 0) is 0 Å². The maximum atomic E-state index is 5.80. The molecule has 3 aromatic rings. The van der Waals surface area contributed by atoms with Crippen LogP contribution in [0.2, 0.25) is 0 Å². The van der Waals surface area contributed by atoms with Crippen molar-refractivity contribution in [3.63, 3.8) is 0 Å². The van der Waals surface area contributed by atoms with Crippen LogP contribution in [0.4, 0.5) is 0 Å². The van der Waals surface area contributed by atoms with Crippen molar-refractivity contribution in [2.24, 2.45) is 5.73 Å². The molecule has 1 heterocycles. The van der Waals surface area contributed by atoms with Crippen LogP contribution >= 0.6 is 12.2 Å². The number of nitrogens with two attached hydrogens (primary N) is 1. The second kappa shape index (κ2) is 5.27. The van der Waals surface area contributed by atoms with Crippen molar-refractivity contribution in [1.29, 1.82) is 0 Å². The summed E-state index contributed by atoms with van der Waals surface area (Å²) < 4.78 is 5.80. The van der Waals surface area contributed by atoms with Gasteiger partial charge in [0.1, 0.15) is 16.5 Å². The van der Waals surface area contributed by atoms with Crippen LogP contribution in [0.3, 0.4) is 0 Å². The van der Waals surface area contributed by atoms with Crippen LogP contribution in [0, 0.1) is 0 Å². The van der Waals surface area contributed by atoms with Gasteiger partial charge in [0, 0.05) is 23.2 Å². The van der Waals surface area contributed by atoms with Gasteiger partial charge in [-0.3, -0.25) is 4.98 Å². The van der Waals surface area contributed by atoms with Gasteiger partial charge in [0.25, 0.3) is 0 Å². The third-order valence-corrected chi connectivity index (χ3v) is 3.19. The Balaban J connectivity index is 1.87. The summed E-state index contributed by atoms with van der Waals surface area (Å²) in [5.74, 6) is 1.49. The highest BCUT2D eigenvalue weighted by Gasteiger charge is 2.01. The zero-order chi connectivity index (χ0) is 13.9. The van der Waals surface area contributed by atoms with E-state index >= 15 is 0 Å². The minimum atomic E-state index is 0.381. The number of thiocarbonyl (C=S) groups is 1. The molecular formula is C16H12N2OS. The number of hydrogen-bond acceptors (Lipinski definition) is 3. The average molecular weight is 280 g/mol. The van der Waals surface area contributed by atoms with E-state index in [0.29, 0.717) is 4.99 Å². The largest absolute Gasteiger partial charge is 0.457 e. The summed E-state index contributed by atoms with van der Waals surface area (Å²) in [4.78, 5) is 4.69. The first-order valence-electron chi connectivity index (χ1n) is 6.15. The number of nitrogens with zero attached hydrogens (tertiary/aromatic N) is 1. The van der Waals surface area contributed by atoms with E-state index in [1.54, 1.807) is 6.20 Å². The Morgan fingerprint density at radius 2 is 1.75 bits per heavy atom. The average Bonchev–Trinajstić information content (AvgIpc) is 2.48. The number of ether oxygens (including phenoxy) is 1. The summed E-state index contributed by atoms with van der Waals surface area (Å²) in [6.07, 6.45) is 1.77. The molecule has 20 heavy (non-hydrogen) atoms. The molecule has 0 fully saturated rings. The topological polar surface area (TPSA) is 48.1 Å². The lowest BCUT2D eigenvalue weighted by molar-refractivity contribution is 0.483. The van der Waals surface area contributed by atoms with Crippen molar-refractivity contribution in [3.05, 3.63) is 66.4 Å². The van der Waals surface area contributed by atoms with Gasteiger partial charge in [-0.1, -0.05) is 18.3 Å². The lowest BCUT2D eigenvalue weighted by Crippen LogP contribution is -2.08. The van der Waals surface area contributed by atoms with Crippen molar-refractivity contribution in [2.45, 2.75) is 0 Å². The highest BCUT2D eigenvalue weighted by molar-refractivity contribution is 7.80. The number of fused-ring (bicyclic) bond motifs is 1. The molecular weight excluding hydrogens is 268 g/mol. The van der Waals surface area contributed by atoms with Gasteiger partial charge in [0.05, 0.1) is 5.52 Å². The summed E-state index contributed by atoms with van der Waals surface area (Å²) in [5, 5.41) is 1.09. The van der Waals surface area contributed by atoms with Crippen LogP contribution in [0.25, 0.3) is 10.9 Å². The lowest BCUT2D eigenvalue weighted by Gasteiger charge is -2.07. The molecule has 0 atom stereocenters. The molecule has 1 aromatic heterocycles. The Hall–Kier alpha value is -2.46. The van der Waals surface area contributed by atoms with E-state index in [2.05, 4.69) is 4.98 Å². The molecule has 0 amide bonds. The SMILES string of the molecule is NC(=S)c1ccc(Oc2ccc3cccnc3c2)cc1. The quantitative estimate of drug-likeness (QED) is 0.744. The molecule has 0 aliphatic carbocycles. The second-order valence-corrected chi connectivity index (χ2v) is 4.79. The van der Waals surface area contributed by atoms with Crippen molar-refractivity contribution < 1.29 is 4.74 Å². The minimum Gasteiger partial charge on any atom is -0.457 e. The summed E-state index contributed by atoms with van der Waals surface area (Å²) >= 11 is 4.92. The van der Waals surface area contributed by atoms with E-state index in [9.17, 15) is 0 Å². The van der Waals surface area contributed by atoms with Crippen molar-refractivity contribution in [3.8, 4) is 11.5 Å². The van der Waals surface area contributed by atoms with Gasteiger partial charge in [-0.05, 0) is 42.5 Å². The second-order valence-electron chi connectivity index (χ2n) is 4.35.